The normalized spacial score (nSPS) is 19.5. The van der Waals surface area contributed by atoms with E-state index in [2.05, 4.69) is 15.3 Å². The molecule has 0 bridgehead atoms. The van der Waals surface area contributed by atoms with Crippen molar-refractivity contribution < 1.29 is 9.47 Å². The molecule has 1 aliphatic rings. The van der Waals surface area contributed by atoms with Crippen LogP contribution in [0.25, 0.3) is 21.7 Å². The second kappa shape index (κ2) is 8.98. The van der Waals surface area contributed by atoms with Gasteiger partial charge in [-0.3, -0.25) is 9.78 Å². The summed E-state index contributed by atoms with van der Waals surface area (Å²) >= 11 is 1.49. The van der Waals surface area contributed by atoms with E-state index in [1.54, 1.807) is 42.7 Å². The van der Waals surface area contributed by atoms with Gasteiger partial charge >= 0.3 is 0 Å². The summed E-state index contributed by atoms with van der Waals surface area (Å²) in [6.07, 6.45) is 7.71. The number of anilines is 1. The van der Waals surface area contributed by atoms with Gasteiger partial charge in [-0.25, -0.2) is 9.97 Å². The molecule has 1 saturated carbocycles. The van der Waals surface area contributed by atoms with Gasteiger partial charge in [0.1, 0.15) is 5.52 Å². The number of fused-ring (bicyclic) bond motifs is 1. The second-order valence-corrected chi connectivity index (χ2v) is 8.12. The molecule has 1 fully saturated rings. The third-order valence-corrected chi connectivity index (χ3v) is 6.08. The van der Waals surface area contributed by atoms with Crippen LogP contribution in [0.15, 0.2) is 28.8 Å². The van der Waals surface area contributed by atoms with Crippen molar-refractivity contribution in [2.24, 2.45) is 7.05 Å². The van der Waals surface area contributed by atoms with Crippen molar-refractivity contribution in [2.45, 2.75) is 37.8 Å². The van der Waals surface area contributed by atoms with Gasteiger partial charge in [-0.15, -0.1) is 11.3 Å². The zero-order valence-electron chi connectivity index (χ0n) is 16.6. The van der Waals surface area contributed by atoms with Crippen LogP contribution in [0.1, 0.15) is 25.7 Å². The predicted molar refractivity (Wildman–Crippen MR) is 113 cm³/mol. The minimum absolute atomic E-state index is 0.0780. The van der Waals surface area contributed by atoms with E-state index in [1.165, 1.54) is 11.3 Å². The van der Waals surface area contributed by atoms with Gasteiger partial charge in [0.15, 0.2) is 5.82 Å². The van der Waals surface area contributed by atoms with Gasteiger partial charge in [-0.2, -0.15) is 0 Å². The Bertz CT molecular complexity index is 1010. The summed E-state index contributed by atoms with van der Waals surface area (Å²) < 4.78 is 12.5. The topological polar surface area (TPSA) is 91.2 Å². The Morgan fingerprint density at radius 1 is 1.24 bits per heavy atom. The molecular formula is C20H25N5O3S. The highest BCUT2D eigenvalue weighted by atomic mass is 32.1. The molecule has 29 heavy (non-hydrogen) atoms. The van der Waals surface area contributed by atoms with Crippen LogP contribution in [0.2, 0.25) is 0 Å². The van der Waals surface area contributed by atoms with Crippen LogP contribution < -0.4 is 10.9 Å². The summed E-state index contributed by atoms with van der Waals surface area (Å²) in [6.45, 7) is 1.26. The fraction of sp³-hybridized carbons (Fsp3) is 0.500. The van der Waals surface area contributed by atoms with Crippen LogP contribution in [0.4, 0.5) is 5.69 Å². The molecule has 0 saturated heterocycles. The molecule has 8 nitrogen and oxygen atoms in total. The van der Waals surface area contributed by atoms with E-state index in [0.717, 1.165) is 41.8 Å². The third-order valence-electron chi connectivity index (χ3n) is 5.31. The van der Waals surface area contributed by atoms with E-state index in [1.807, 2.05) is 0 Å². The van der Waals surface area contributed by atoms with Crippen LogP contribution in [0.3, 0.4) is 0 Å². The van der Waals surface area contributed by atoms with Crippen LogP contribution >= 0.6 is 11.3 Å². The van der Waals surface area contributed by atoms with E-state index in [9.17, 15) is 4.79 Å². The fourth-order valence-electron chi connectivity index (χ4n) is 3.67. The Labute approximate surface area is 172 Å². The van der Waals surface area contributed by atoms with Gasteiger partial charge in [0, 0.05) is 32.5 Å². The van der Waals surface area contributed by atoms with Crippen molar-refractivity contribution in [2.75, 3.05) is 25.6 Å². The first-order valence-corrected chi connectivity index (χ1v) is 10.7. The maximum atomic E-state index is 12.4. The summed E-state index contributed by atoms with van der Waals surface area (Å²) in [5.41, 5.74) is 3.91. The standard InChI is InChI=1S/C20H25N5O3S/c1-25-16-10-22-20(17-11-21-12-29-17)24-19(16)15(9-18(25)26)23-13-3-5-14(6-4-13)28-8-7-27-2/h9-14,23H,3-8H2,1-2H3/t13-,14-. The predicted octanol–water partition coefficient (Wildman–Crippen LogP) is 2.84. The van der Waals surface area contributed by atoms with E-state index < -0.39 is 0 Å². The van der Waals surface area contributed by atoms with E-state index in [-0.39, 0.29) is 17.7 Å². The van der Waals surface area contributed by atoms with Crippen molar-refractivity contribution >= 4 is 28.1 Å². The number of ether oxygens (including phenoxy) is 2. The molecule has 1 aliphatic carbocycles. The Kier molecular flexibility index (Phi) is 6.17. The Morgan fingerprint density at radius 3 is 2.79 bits per heavy atom. The van der Waals surface area contributed by atoms with Gasteiger partial charge in [0.2, 0.25) is 0 Å². The number of thiazole rings is 1. The number of methoxy groups -OCH3 is 1. The largest absolute Gasteiger partial charge is 0.382 e. The van der Waals surface area contributed by atoms with E-state index in [4.69, 9.17) is 14.5 Å². The number of nitrogens with one attached hydrogen (secondary N) is 1. The third kappa shape index (κ3) is 4.47. The molecule has 0 amide bonds. The van der Waals surface area contributed by atoms with Crippen molar-refractivity contribution in [3.8, 4) is 10.7 Å². The monoisotopic (exact) mass is 415 g/mol. The molecule has 0 aliphatic heterocycles. The first-order valence-electron chi connectivity index (χ1n) is 9.78. The number of pyridine rings is 1. The van der Waals surface area contributed by atoms with Gasteiger partial charge < -0.3 is 19.4 Å². The van der Waals surface area contributed by atoms with Gasteiger partial charge in [0.05, 0.1) is 47.1 Å². The fourth-order valence-corrected chi connectivity index (χ4v) is 4.23. The highest BCUT2D eigenvalue weighted by Gasteiger charge is 2.23. The number of aromatic nitrogens is 4. The number of rotatable bonds is 7. The Hall–Kier alpha value is -2.36. The highest BCUT2D eigenvalue weighted by molar-refractivity contribution is 7.13. The second-order valence-electron chi connectivity index (χ2n) is 7.23. The van der Waals surface area contributed by atoms with Crippen molar-refractivity contribution in [1.29, 1.82) is 0 Å². The maximum absolute atomic E-state index is 12.4. The van der Waals surface area contributed by atoms with E-state index in [0.29, 0.717) is 24.6 Å². The average Bonchev–Trinajstić information content (AvgIpc) is 3.28. The van der Waals surface area contributed by atoms with Gasteiger partial charge in [-0.05, 0) is 25.7 Å². The lowest BCUT2D eigenvalue weighted by molar-refractivity contribution is -0.00154. The molecule has 0 atom stereocenters. The number of aryl methyl sites for hydroxylation is 1. The maximum Gasteiger partial charge on any atom is 0.252 e. The molecule has 9 heteroatoms. The number of hydrogen-bond acceptors (Lipinski definition) is 8. The zero-order chi connectivity index (χ0) is 20.2. The molecule has 0 spiro atoms. The summed E-state index contributed by atoms with van der Waals surface area (Å²) in [6, 6.07) is 1.92. The molecule has 1 N–H and O–H groups in total. The summed E-state index contributed by atoms with van der Waals surface area (Å²) in [5, 5.41) is 3.56. The van der Waals surface area contributed by atoms with Gasteiger partial charge in [0.25, 0.3) is 5.56 Å². The quantitative estimate of drug-likeness (QED) is 0.593. The lowest BCUT2D eigenvalue weighted by atomic mass is 9.92. The molecule has 0 aromatic carbocycles. The molecule has 154 valence electrons. The van der Waals surface area contributed by atoms with Gasteiger partial charge in [-0.1, -0.05) is 0 Å². The van der Waals surface area contributed by atoms with E-state index >= 15 is 0 Å². The first-order chi connectivity index (χ1) is 14.2. The molecule has 3 aromatic rings. The van der Waals surface area contributed by atoms with Crippen LogP contribution in [0.5, 0.6) is 0 Å². The van der Waals surface area contributed by atoms with Crippen LogP contribution in [-0.4, -0.2) is 52.0 Å². The molecule has 0 unspecified atom stereocenters. The Morgan fingerprint density at radius 2 is 2.07 bits per heavy atom. The first kappa shape index (κ1) is 19.9. The molecule has 0 radical (unpaired) electrons. The van der Waals surface area contributed by atoms with Crippen LogP contribution in [-0.2, 0) is 16.5 Å². The summed E-state index contributed by atoms with van der Waals surface area (Å²) in [5.74, 6) is 0.622. The zero-order valence-corrected chi connectivity index (χ0v) is 17.4. The van der Waals surface area contributed by atoms with Crippen molar-refractivity contribution in [1.82, 2.24) is 19.5 Å². The number of hydrogen-bond donors (Lipinski definition) is 1. The molecule has 3 aromatic heterocycles. The minimum atomic E-state index is -0.0780. The highest BCUT2D eigenvalue weighted by Crippen LogP contribution is 2.28. The summed E-state index contributed by atoms with van der Waals surface area (Å²) in [7, 11) is 3.43. The minimum Gasteiger partial charge on any atom is -0.382 e. The molecular weight excluding hydrogens is 390 g/mol. The Balaban J connectivity index is 1.55. The van der Waals surface area contributed by atoms with Crippen molar-refractivity contribution in [3.63, 3.8) is 0 Å². The lowest BCUT2D eigenvalue weighted by Gasteiger charge is -2.30. The number of nitrogens with zero attached hydrogens (tertiary/aromatic N) is 4. The lowest BCUT2D eigenvalue weighted by Crippen LogP contribution is -2.31. The average molecular weight is 416 g/mol. The SMILES string of the molecule is COCCO[C@H]1CC[C@H](Nc2cc(=O)n(C)c3cnc(-c4cncs4)nc23)CC1. The molecule has 3 heterocycles. The van der Waals surface area contributed by atoms with Crippen molar-refractivity contribution in [3.05, 3.63) is 34.3 Å². The smallest absolute Gasteiger partial charge is 0.252 e. The van der Waals surface area contributed by atoms with Crippen LogP contribution in [0, 0.1) is 0 Å². The molecule has 4 rings (SSSR count). The summed E-state index contributed by atoms with van der Waals surface area (Å²) in [4.78, 5) is 26.6.